The van der Waals surface area contributed by atoms with E-state index in [9.17, 15) is 4.39 Å². The van der Waals surface area contributed by atoms with Gasteiger partial charge in [-0.15, -0.1) is 29.5 Å². The number of imidazole rings is 1. The van der Waals surface area contributed by atoms with E-state index in [1.807, 2.05) is 42.5 Å². The van der Waals surface area contributed by atoms with Crippen molar-refractivity contribution in [2.24, 2.45) is 0 Å². The Kier molecular flexibility index (Phi) is 4.16. The van der Waals surface area contributed by atoms with Crippen LogP contribution in [0, 0.1) is 12.0 Å². The summed E-state index contributed by atoms with van der Waals surface area (Å²) >= 11 is 1.54. The van der Waals surface area contributed by atoms with Gasteiger partial charge in [0.2, 0.25) is 5.95 Å². The average molecular weight is 487 g/mol. The SMILES string of the molecule is Fc1cnc(-c2[c-]ccc3scnc23)n1-c1ccccc1.[Ir]. The molecule has 0 spiro atoms. The maximum atomic E-state index is 14.2. The number of benzene rings is 2. The van der Waals surface area contributed by atoms with Crippen LogP contribution in [0.4, 0.5) is 4.39 Å². The molecule has 111 valence electrons. The molecule has 0 aliphatic carbocycles. The first-order valence-electron chi connectivity index (χ1n) is 6.37. The zero-order valence-electron chi connectivity index (χ0n) is 11.2. The predicted octanol–water partition coefficient (Wildman–Crippen LogP) is 4.09. The van der Waals surface area contributed by atoms with Gasteiger partial charge in [-0.1, -0.05) is 23.8 Å². The van der Waals surface area contributed by atoms with Gasteiger partial charge in [-0.25, -0.2) is 0 Å². The molecule has 0 amide bonds. The molecule has 0 unspecified atom stereocenters. The van der Waals surface area contributed by atoms with Crippen molar-refractivity contribution in [1.29, 1.82) is 0 Å². The molecule has 6 heteroatoms. The standard InChI is InChI=1S/C16H9FN3S.Ir/c17-14-9-18-16(20(14)11-5-2-1-3-6-11)12-7-4-8-13-15(12)19-10-21-13;/h1-6,8-10H;/q-1;. The van der Waals surface area contributed by atoms with Gasteiger partial charge in [0, 0.05) is 31.3 Å². The zero-order valence-corrected chi connectivity index (χ0v) is 14.4. The number of halogens is 1. The molecule has 22 heavy (non-hydrogen) atoms. The first-order chi connectivity index (χ1) is 10.3. The van der Waals surface area contributed by atoms with Crippen LogP contribution < -0.4 is 0 Å². The quantitative estimate of drug-likeness (QED) is 0.400. The first-order valence-corrected chi connectivity index (χ1v) is 7.25. The molecular formula is C16H9FIrN3S-. The van der Waals surface area contributed by atoms with Crippen molar-refractivity contribution in [2.75, 3.05) is 0 Å². The van der Waals surface area contributed by atoms with E-state index in [-0.39, 0.29) is 20.1 Å². The summed E-state index contributed by atoms with van der Waals surface area (Å²) in [5, 5.41) is 0. The van der Waals surface area contributed by atoms with E-state index in [0.717, 1.165) is 15.9 Å². The number of nitrogens with zero attached hydrogens (tertiary/aromatic N) is 3. The normalized spacial score (nSPS) is 10.6. The second-order valence-corrected chi connectivity index (χ2v) is 5.38. The number of fused-ring (bicyclic) bond motifs is 1. The van der Waals surface area contributed by atoms with Crippen molar-refractivity contribution in [3.8, 4) is 17.1 Å². The van der Waals surface area contributed by atoms with Crippen LogP contribution in [0.5, 0.6) is 0 Å². The molecule has 0 bridgehead atoms. The average Bonchev–Trinajstić information content (AvgIpc) is 3.14. The fourth-order valence-corrected chi connectivity index (χ4v) is 3.02. The molecule has 0 aliphatic rings. The van der Waals surface area contributed by atoms with Gasteiger partial charge in [0.05, 0.1) is 17.5 Å². The molecule has 4 aromatic rings. The van der Waals surface area contributed by atoms with Crippen LogP contribution in [0.25, 0.3) is 27.3 Å². The van der Waals surface area contributed by atoms with Crippen molar-refractivity contribution in [2.45, 2.75) is 0 Å². The number of thiazole rings is 1. The van der Waals surface area contributed by atoms with E-state index in [4.69, 9.17) is 0 Å². The van der Waals surface area contributed by atoms with E-state index in [1.165, 1.54) is 10.8 Å². The fourth-order valence-electron chi connectivity index (χ4n) is 2.33. The maximum absolute atomic E-state index is 14.2. The van der Waals surface area contributed by atoms with Gasteiger partial charge in [0.25, 0.3) is 0 Å². The molecule has 0 saturated heterocycles. The predicted molar refractivity (Wildman–Crippen MR) is 81.0 cm³/mol. The molecule has 1 radical (unpaired) electrons. The Bertz CT molecular complexity index is 917. The van der Waals surface area contributed by atoms with Crippen LogP contribution in [-0.2, 0) is 20.1 Å². The van der Waals surface area contributed by atoms with Crippen molar-refractivity contribution in [3.63, 3.8) is 0 Å². The second-order valence-electron chi connectivity index (χ2n) is 4.49. The third-order valence-corrected chi connectivity index (χ3v) is 4.05. The van der Waals surface area contributed by atoms with Crippen LogP contribution in [0.3, 0.4) is 0 Å². The third-order valence-electron chi connectivity index (χ3n) is 3.25. The van der Waals surface area contributed by atoms with Gasteiger partial charge in [-0.2, -0.15) is 4.39 Å². The topological polar surface area (TPSA) is 30.7 Å². The van der Waals surface area contributed by atoms with Crippen LogP contribution in [-0.4, -0.2) is 14.5 Å². The minimum Gasteiger partial charge on any atom is -0.310 e. The van der Waals surface area contributed by atoms with Crippen molar-refractivity contribution >= 4 is 21.6 Å². The van der Waals surface area contributed by atoms with Crippen molar-refractivity contribution in [3.05, 3.63) is 66.2 Å². The Labute approximate surface area is 143 Å². The molecule has 2 heterocycles. The number of rotatable bonds is 2. The van der Waals surface area contributed by atoms with E-state index < -0.39 is 5.95 Å². The summed E-state index contributed by atoms with van der Waals surface area (Å²) in [5.74, 6) is 0.104. The molecule has 4 rings (SSSR count). The Morgan fingerprint density at radius 1 is 1.09 bits per heavy atom. The Morgan fingerprint density at radius 2 is 1.91 bits per heavy atom. The Hall–Kier alpha value is -1.88. The van der Waals surface area contributed by atoms with Crippen LogP contribution in [0.2, 0.25) is 0 Å². The number of para-hydroxylation sites is 1. The summed E-state index contributed by atoms with van der Waals surface area (Å²) in [6.45, 7) is 0. The van der Waals surface area contributed by atoms with Gasteiger partial charge in [0.15, 0.2) is 0 Å². The van der Waals surface area contributed by atoms with Gasteiger partial charge < -0.3 is 4.57 Å². The van der Waals surface area contributed by atoms with Gasteiger partial charge >= 0.3 is 0 Å². The molecular weight excluding hydrogens is 477 g/mol. The summed E-state index contributed by atoms with van der Waals surface area (Å²) < 4.78 is 16.7. The summed E-state index contributed by atoms with van der Waals surface area (Å²) in [6, 6.07) is 16.2. The smallest absolute Gasteiger partial charge is 0.208 e. The van der Waals surface area contributed by atoms with Gasteiger partial charge in [-0.3, -0.25) is 9.97 Å². The fraction of sp³-hybridized carbons (Fsp3) is 0. The third kappa shape index (κ3) is 2.39. The molecule has 3 nitrogen and oxygen atoms in total. The molecule has 0 fully saturated rings. The van der Waals surface area contributed by atoms with E-state index in [0.29, 0.717) is 11.4 Å². The number of hydrogen-bond acceptors (Lipinski definition) is 3. The Balaban J connectivity index is 0.00000144. The molecule has 0 saturated carbocycles. The monoisotopic (exact) mass is 487 g/mol. The molecule has 2 aromatic carbocycles. The minimum absolute atomic E-state index is 0. The van der Waals surface area contributed by atoms with Gasteiger partial charge in [-0.05, 0) is 16.8 Å². The largest absolute Gasteiger partial charge is 0.310 e. The number of hydrogen-bond donors (Lipinski definition) is 0. The van der Waals surface area contributed by atoms with E-state index in [1.54, 1.807) is 16.8 Å². The maximum Gasteiger partial charge on any atom is 0.208 e. The second kappa shape index (κ2) is 6.08. The Morgan fingerprint density at radius 3 is 2.73 bits per heavy atom. The van der Waals surface area contributed by atoms with Crippen LogP contribution in [0.1, 0.15) is 0 Å². The van der Waals surface area contributed by atoms with Crippen LogP contribution in [0.15, 0.2) is 54.2 Å². The van der Waals surface area contributed by atoms with Gasteiger partial charge in [0.1, 0.15) is 0 Å². The van der Waals surface area contributed by atoms with Crippen molar-refractivity contribution in [1.82, 2.24) is 14.5 Å². The zero-order chi connectivity index (χ0) is 14.2. The molecule has 0 atom stereocenters. The number of aromatic nitrogens is 3. The molecule has 2 aromatic heterocycles. The van der Waals surface area contributed by atoms with E-state index in [2.05, 4.69) is 16.0 Å². The van der Waals surface area contributed by atoms with E-state index >= 15 is 0 Å². The summed E-state index contributed by atoms with van der Waals surface area (Å²) in [7, 11) is 0. The van der Waals surface area contributed by atoms with Crippen molar-refractivity contribution < 1.29 is 24.5 Å². The summed E-state index contributed by atoms with van der Waals surface area (Å²) in [4.78, 5) is 8.56. The summed E-state index contributed by atoms with van der Waals surface area (Å²) in [6.07, 6.45) is 1.22. The molecule has 0 aliphatic heterocycles. The molecule has 0 N–H and O–H groups in total. The summed E-state index contributed by atoms with van der Waals surface area (Å²) in [5.41, 5.74) is 4.00. The van der Waals surface area contributed by atoms with Crippen LogP contribution >= 0.6 is 11.3 Å². The minimum atomic E-state index is -0.406. The first kappa shape index (κ1) is 15.0.